The lowest BCUT2D eigenvalue weighted by Gasteiger charge is -2.43. The lowest BCUT2D eigenvalue weighted by molar-refractivity contribution is -0.161. The zero-order valence-corrected chi connectivity index (χ0v) is 24.3. The lowest BCUT2D eigenvalue weighted by Crippen LogP contribution is -2.44. The van der Waals surface area contributed by atoms with E-state index in [1.54, 1.807) is 0 Å². The quantitative estimate of drug-likeness (QED) is 0.0854. The average Bonchev–Trinajstić information content (AvgIpc) is 2.89. The molecule has 3 atom stereocenters. The van der Waals surface area contributed by atoms with Gasteiger partial charge in [0.1, 0.15) is 6.10 Å². The van der Waals surface area contributed by atoms with E-state index in [2.05, 4.69) is 52.0 Å². The fourth-order valence-corrected chi connectivity index (χ4v) is 5.92. The standard InChI is InChI=1S/C34H54O3/c1-5-6-7-8-9-10-11-12-13-14-15-16-17-21-24-31(35)33(36)37-32-27-28(2)25-26-30(32)34(3,4)29-22-19-18-20-23-29/h18-24,28,30,32H,5-17,25-27H2,1-4H3/b24-21+/t28-,30-,32-/m1/s1. The number of benzene rings is 1. The van der Waals surface area contributed by atoms with Gasteiger partial charge in [-0.15, -0.1) is 0 Å². The molecule has 0 bridgehead atoms. The summed E-state index contributed by atoms with van der Waals surface area (Å²) in [6.07, 6.45) is 22.7. The highest BCUT2D eigenvalue weighted by molar-refractivity contribution is 6.38. The van der Waals surface area contributed by atoms with Crippen molar-refractivity contribution in [2.45, 2.75) is 142 Å². The van der Waals surface area contributed by atoms with Crippen LogP contribution in [0.25, 0.3) is 0 Å². The van der Waals surface area contributed by atoms with E-state index < -0.39 is 11.8 Å². The van der Waals surface area contributed by atoms with Crippen molar-refractivity contribution < 1.29 is 14.3 Å². The van der Waals surface area contributed by atoms with Crippen LogP contribution in [0.3, 0.4) is 0 Å². The minimum atomic E-state index is -0.695. The average molecular weight is 511 g/mol. The molecule has 0 saturated heterocycles. The van der Waals surface area contributed by atoms with Crippen molar-refractivity contribution in [2.24, 2.45) is 11.8 Å². The molecule has 0 radical (unpaired) electrons. The van der Waals surface area contributed by atoms with Gasteiger partial charge >= 0.3 is 5.97 Å². The van der Waals surface area contributed by atoms with Crippen LogP contribution >= 0.6 is 0 Å². The molecule has 1 saturated carbocycles. The summed E-state index contributed by atoms with van der Waals surface area (Å²) in [6.45, 7) is 8.95. The number of rotatable bonds is 18. The van der Waals surface area contributed by atoms with E-state index in [9.17, 15) is 9.59 Å². The van der Waals surface area contributed by atoms with Gasteiger partial charge in [0.05, 0.1) is 0 Å². The Labute approximate surface area is 227 Å². The van der Waals surface area contributed by atoms with E-state index in [0.29, 0.717) is 5.92 Å². The Morgan fingerprint density at radius 1 is 0.865 bits per heavy atom. The number of allylic oxidation sites excluding steroid dienone is 1. The first-order valence-corrected chi connectivity index (χ1v) is 15.3. The SMILES string of the molecule is CCCCCCCCCCCCCC/C=C/C(=O)C(=O)O[C@@H]1C[C@H](C)CC[C@H]1C(C)(C)c1ccccc1. The largest absolute Gasteiger partial charge is 0.456 e. The molecule has 0 aliphatic heterocycles. The maximum atomic E-state index is 12.7. The maximum absolute atomic E-state index is 12.7. The van der Waals surface area contributed by atoms with Crippen LogP contribution in [0.2, 0.25) is 0 Å². The lowest BCUT2D eigenvalue weighted by atomic mass is 9.64. The highest BCUT2D eigenvalue weighted by Gasteiger charge is 2.42. The molecule has 3 nitrogen and oxygen atoms in total. The van der Waals surface area contributed by atoms with Crippen LogP contribution in [-0.2, 0) is 19.7 Å². The molecule has 0 aromatic heterocycles. The van der Waals surface area contributed by atoms with Crippen LogP contribution in [0, 0.1) is 11.8 Å². The van der Waals surface area contributed by atoms with E-state index in [1.807, 2.05) is 12.1 Å². The summed E-state index contributed by atoms with van der Waals surface area (Å²) in [5, 5.41) is 0. The third kappa shape index (κ3) is 11.6. The molecule has 1 aliphatic rings. The minimum absolute atomic E-state index is 0.125. The minimum Gasteiger partial charge on any atom is -0.456 e. The summed E-state index contributed by atoms with van der Waals surface area (Å²) < 4.78 is 5.87. The van der Waals surface area contributed by atoms with E-state index in [0.717, 1.165) is 32.1 Å². The Morgan fingerprint density at radius 2 is 1.43 bits per heavy atom. The number of ether oxygens (including phenoxy) is 1. The zero-order valence-electron chi connectivity index (χ0n) is 24.3. The number of esters is 1. The smallest absolute Gasteiger partial charge is 0.379 e. The number of hydrogen-bond donors (Lipinski definition) is 0. The first-order chi connectivity index (χ1) is 17.9. The summed E-state index contributed by atoms with van der Waals surface area (Å²) in [5.74, 6) is -0.516. The molecule has 0 amide bonds. The van der Waals surface area contributed by atoms with Crippen molar-refractivity contribution >= 4 is 11.8 Å². The Morgan fingerprint density at radius 3 is 2.03 bits per heavy atom. The predicted molar refractivity (Wildman–Crippen MR) is 156 cm³/mol. The van der Waals surface area contributed by atoms with Crippen LogP contribution in [0.5, 0.6) is 0 Å². The summed E-state index contributed by atoms with van der Waals surface area (Å²) in [5.41, 5.74) is 1.13. The second-order valence-electron chi connectivity index (χ2n) is 12.0. The van der Waals surface area contributed by atoms with Crippen molar-refractivity contribution in [3.05, 3.63) is 48.0 Å². The van der Waals surface area contributed by atoms with Crippen LogP contribution in [0.1, 0.15) is 136 Å². The van der Waals surface area contributed by atoms with Gasteiger partial charge < -0.3 is 4.74 Å². The fraction of sp³-hybridized carbons (Fsp3) is 0.706. The number of carbonyl (C=O) groups excluding carboxylic acids is 2. The second-order valence-corrected chi connectivity index (χ2v) is 12.0. The van der Waals surface area contributed by atoms with Gasteiger partial charge in [-0.2, -0.15) is 0 Å². The van der Waals surface area contributed by atoms with Crippen molar-refractivity contribution in [1.82, 2.24) is 0 Å². The van der Waals surface area contributed by atoms with E-state index >= 15 is 0 Å². The third-order valence-electron chi connectivity index (χ3n) is 8.45. The molecular weight excluding hydrogens is 456 g/mol. The molecule has 1 aliphatic carbocycles. The first-order valence-electron chi connectivity index (χ1n) is 15.3. The molecule has 0 spiro atoms. The number of ketones is 1. The van der Waals surface area contributed by atoms with Gasteiger partial charge in [-0.05, 0) is 48.7 Å². The summed E-state index contributed by atoms with van der Waals surface area (Å²) in [6, 6.07) is 10.5. The molecule has 1 aromatic rings. The Balaban J connectivity index is 1.67. The van der Waals surface area contributed by atoms with Crippen LogP contribution in [0.4, 0.5) is 0 Å². The Bertz CT molecular complexity index is 795. The van der Waals surface area contributed by atoms with Gasteiger partial charge in [-0.1, -0.05) is 141 Å². The van der Waals surface area contributed by atoms with Crippen LogP contribution in [-0.4, -0.2) is 17.9 Å². The van der Waals surface area contributed by atoms with E-state index in [4.69, 9.17) is 4.74 Å². The van der Waals surface area contributed by atoms with E-state index in [-0.39, 0.29) is 17.4 Å². The molecule has 1 aromatic carbocycles. The highest BCUT2D eigenvalue weighted by Crippen LogP contribution is 2.43. The molecule has 0 unspecified atom stereocenters. The Kier molecular flexibility index (Phi) is 14.9. The van der Waals surface area contributed by atoms with Crippen molar-refractivity contribution in [3.8, 4) is 0 Å². The molecule has 37 heavy (non-hydrogen) atoms. The van der Waals surface area contributed by atoms with Crippen molar-refractivity contribution in [3.63, 3.8) is 0 Å². The number of carbonyl (C=O) groups is 2. The maximum Gasteiger partial charge on any atom is 0.379 e. The second kappa shape index (κ2) is 17.6. The third-order valence-corrected chi connectivity index (χ3v) is 8.45. The van der Waals surface area contributed by atoms with E-state index in [1.165, 1.54) is 82.3 Å². The Hall–Kier alpha value is -1.90. The van der Waals surface area contributed by atoms with Gasteiger partial charge in [0.25, 0.3) is 5.78 Å². The van der Waals surface area contributed by atoms with Crippen LogP contribution < -0.4 is 0 Å². The first kappa shape index (κ1) is 31.3. The van der Waals surface area contributed by atoms with Crippen molar-refractivity contribution in [1.29, 1.82) is 0 Å². The number of unbranched alkanes of at least 4 members (excludes halogenated alkanes) is 12. The normalized spacial score (nSPS) is 20.3. The predicted octanol–water partition coefficient (Wildman–Crippen LogP) is 9.53. The summed E-state index contributed by atoms with van der Waals surface area (Å²) >= 11 is 0. The number of hydrogen-bond acceptors (Lipinski definition) is 3. The fourth-order valence-electron chi connectivity index (χ4n) is 5.92. The van der Waals surface area contributed by atoms with Gasteiger partial charge in [0, 0.05) is 5.92 Å². The van der Waals surface area contributed by atoms with Gasteiger partial charge in [0.15, 0.2) is 0 Å². The highest BCUT2D eigenvalue weighted by atomic mass is 16.5. The van der Waals surface area contributed by atoms with Gasteiger partial charge in [-0.3, -0.25) is 4.79 Å². The molecule has 3 heteroatoms. The monoisotopic (exact) mass is 510 g/mol. The summed E-state index contributed by atoms with van der Waals surface area (Å²) in [7, 11) is 0. The molecule has 0 heterocycles. The topological polar surface area (TPSA) is 43.4 Å². The van der Waals surface area contributed by atoms with Gasteiger partial charge in [-0.25, -0.2) is 4.79 Å². The van der Waals surface area contributed by atoms with Gasteiger partial charge in [0.2, 0.25) is 0 Å². The van der Waals surface area contributed by atoms with Crippen LogP contribution in [0.15, 0.2) is 42.5 Å². The molecular formula is C34H54O3. The molecule has 208 valence electrons. The molecule has 1 fully saturated rings. The van der Waals surface area contributed by atoms with Crippen molar-refractivity contribution in [2.75, 3.05) is 0 Å². The molecule has 2 rings (SSSR count). The zero-order chi connectivity index (χ0) is 26.9. The summed E-state index contributed by atoms with van der Waals surface area (Å²) in [4.78, 5) is 25.2. The molecule has 0 N–H and O–H groups in total.